The number of carbonyl (C=O) groups excluding carboxylic acids is 2. The number of amides is 1. The van der Waals surface area contributed by atoms with Crippen molar-refractivity contribution in [2.24, 2.45) is 5.41 Å². The Morgan fingerprint density at radius 1 is 1.15 bits per heavy atom. The van der Waals surface area contributed by atoms with Crippen molar-refractivity contribution in [1.29, 1.82) is 0 Å². The van der Waals surface area contributed by atoms with Gasteiger partial charge in [0.05, 0.1) is 19.2 Å². The van der Waals surface area contributed by atoms with Crippen LogP contribution in [-0.4, -0.2) is 32.1 Å². The molecule has 1 amide bonds. The number of benzene rings is 1. The summed E-state index contributed by atoms with van der Waals surface area (Å²) in [6.45, 7) is 6.38. The van der Waals surface area contributed by atoms with E-state index in [1.54, 1.807) is 24.3 Å². The minimum Gasteiger partial charge on any atom is -0.492 e. The summed E-state index contributed by atoms with van der Waals surface area (Å²) < 4.78 is 10.1. The number of hydrogen-bond acceptors (Lipinski definition) is 4. The Morgan fingerprint density at radius 3 is 2.25 bits per heavy atom. The highest BCUT2D eigenvalue weighted by Gasteiger charge is 2.20. The maximum Gasteiger partial charge on any atom is 0.337 e. The maximum absolute atomic E-state index is 11.6. The van der Waals surface area contributed by atoms with Crippen LogP contribution in [0.15, 0.2) is 24.3 Å². The van der Waals surface area contributed by atoms with Gasteiger partial charge in [-0.1, -0.05) is 20.8 Å². The van der Waals surface area contributed by atoms with Gasteiger partial charge in [-0.3, -0.25) is 4.79 Å². The van der Waals surface area contributed by atoms with Crippen LogP contribution in [0.25, 0.3) is 0 Å². The Morgan fingerprint density at radius 2 is 1.75 bits per heavy atom. The summed E-state index contributed by atoms with van der Waals surface area (Å²) in [5, 5.41) is 2.79. The second kappa shape index (κ2) is 6.93. The van der Waals surface area contributed by atoms with E-state index in [1.165, 1.54) is 7.11 Å². The molecule has 1 rings (SSSR count). The first-order valence-electron chi connectivity index (χ1n) is 6.44. The molecule has 1 aromatic carbocycles. The van der Waals surface area contributed by atoms with Crippen LogP contribution in [-0.2, 0) is 9.53 Å². The lowest BCUT2D eigenvalue weighted by Gasteiger charge is -2.17. The van der Waals surface area contributed by atoms with Gasteiger partial charge in [-0.15, -0.1) is 0 Å². The lowest BCUT2D eigenvalue weighted by molar-refractivity contribution is -0.128. The molecule has 1 aromatic rings. The van der Waals surface area contributed by atoms with Gasteiger partial charge in [0.1, 0.15) is 12.4 Å². The fraction of sp³-hybridized carbons (Fsp3) is 0.467. The van der Waals surface area contributed by atoms with Gasteiger partial charge in [-0.2, -0.15) is 0 Å². The van der Waals surface area contributed by atoms with Crippen molar-refractivity contribution >= 4 is 11.9 Å². The lowest BCUT2D eigenvalue weighted by atomic mass is 9.96. The van der Waals surface area contributed by atoms with Gasteiger partial charge < -0.3 is 14.8 Å². The molecule has 0 saturated carbocycles. The Hall–Kier alpha value is -2.04. The molecule has 110 valence electrons. The summed E-state index contributed by atoms with van der Waals surface area (Å²) in [5.74, 6) is 0.249. The fourth-order valence-electron chi connectivity index (χ4n) is 1.40. The summed E-state index contributed by atoms with van der Waals surface area (Å²) in [6, 6.07) is 6.65. The van der Waals surface area contributed by atoms with Crippen molar-refractivity contribution in [2.45, 2.75) is 20.8 Å². The second-order valence-corrected chi connectivity index (χ2v) is 5.37. The zero-order valence-corrected chi connectivity index (χ0v) is 12.4. The van der Waals surface area contributed by atoms with Crippen LogP contribution in [0.4, 0.5) is 0 Å². The SMILES string of the molecule is COC(=O)c1ccc(OCCNC(=O)C(C)(C)C)cc1. The van der Waals surface area contributed by atoms with E-state index in [-0.39, 0.29) is 11.9 Å². The zero-order valence-electron chi connectivity index (χ0n) is 12.4. The van der Waals surface area contributed by atoms with Gasteiger partial charge in [0.15, 0.2) is 0 Å². The van der Waals surface area contributed by atoms with E-state index >= 15 is 0 Å². The predicted octanol–water partition coefficient (Wildman–Crippen LogP) is 2.01. The summed E-state index contributed by atoms with van der Waals surface area (Å²) in [5.41, 5.74) is 0.0724. The molecule has 20 heavy (non-hydrogen) atoms. The molecule has 0 aliphatic rings. The van der Waals surface area contributed by atoms with Crippen LogP contribution in [0.5, 0.6) is 5.75 Å². The first kappa shape index (κ1) is 16.0. The third-order valence-corrected chi connectivity index (χ3v) is 2.61. The van der Waals surface area contributed by atoms with E-state index in [9.17, 15) is 9.59 Å². The van der Waals surface area contributed by atoms with Gasteiger partial charge in [0, 0.05) is 5.41 Å². The molecule has 0 aromatic heterocycles. The van der Waals surface area contributed by atoms with Crippen molar-refractivity contribution in [3.63, 3.8) is 0 Å². The van der Waals surface area contributed by atoms with Crippen molar-refractivity contribution in [3.05, 3.63) is 29.8 Å². The van der Waals surface area contributed by atoms with Crippen molar-refractivity contribution in [2.75, 3.05) is 20.3 Å². The third kappa shape index (κ3) is 4.91. The van der Waals surface area contributed by atoms with Gasteiger partial charge in [0.2, 0.25) is 5.91 Å². The van der Waals surface area contributed by atoms with Gasteiger partial charge in [0.25, 0.3) is 0 Å². The third-order valence-electron chi connectivity index (χ3n) is 2.61. The maximum atomic E-state index is 11.6. The highest BCUT2D eigenvalue weighted by molar-refractivity contribution is 5.89. The first-order valence-corrected chi connectivity index (χ1v) is 6.44. The smallest absolute Gasteiger partial charge is 0.337 e. The number of esters is 1. The largest absolute Gasteiger partial charge is 0.492 e. The second-order valence-electron chi connectivity index (χ2n) is 5.37. The minimum atomic E-state index is -0.401. The highest BCUT2D eigenvalue weighted by atomic mass is 16.5. The molecule has 0 spiro atoms. The molecule has 0 unspecified atom stereocenters. The molecule has 0 bridgehead atoms. The van der Waals surface area contributed by atoms with E-state index < -0.39 is 5.41 Å². The van der Waals surface area contributed by atoms with Crippen molar-refractivity contribution in [3.8, 4) is 5.75 Å². The quantitative estimate of drug-likeness (QED) is 0.661. The monoisotopic (exact) mass is 279 g/mol. The molecule has 0 aliphatic heterocycles. The van der Waals surface area contributed by atoms with E-state index in [0.29, 0.717) is 24.5 Å². The van der Waals surface area contributed by atoms with Crippen LogP contribution in [0, 0.1) is 5.41 Å². The Bertz CT molecular complexity index is 460. The Kier molecular flexibility index (Phi) is 5.55. The average molecular weight is 279 g/mol. The molecular formula is C15H21NO4. The molecule has 0 radical (unpaired) electrons. The fourth-order valence-corrected chi connectivity index (χ4v) is 1.40. The normalized spacial score (nSPS) is 10.8. The van der Waals surface area contributed by atoms with Gasteiger partial charge in [-0.25, -0.2) is 4.79 Å². The topological polar surface area (TPSA) is 64.6 Å². The molecule has 5 nitrogen and oxygen atoms in total. The summed E-state index contributed by atoms with van der Waals surface area (Å²) >= 11 is 0. The first-order chi connectivity index (χ1) is 9.34. The zero-order chi connectivity index (χ0) is 15.2. The highest BCUT2D eigenvalue weighted by Crippen LogP contribution is 2.13. The Labute approximate surface area is 119 Å². The van der Waals surface area contributed by atoms with Crippen molar-refractivity contribution in [1.82, 2.24) is 5.32 Å². The number of ether oxygens (including phenoxy) is 2. The van der Waals surface area contributed by atoms with Crippen LogP contribution < -0.4 is 10.1 Å². The molecule has 0 heterocycles. The van der Waals surface area contributed by atoms with E-state index in [1.807, 2.05) is 20.8 Å². The molecular weight excluding hydrogens is 258 g/mol. The van der Waals surface area contributed by atoms with Crippen LogP contribution >= 0.6 is 0 Å². The molecule has 1 N–H and O–H groups in total. The van der Waals surface area contributed by atoms with E-state index in [2.05, 4.69) is 10.1 Å². The average Bonchev–Trinajstić information content (AvgIpc) is 2.42. The summed E-state index contributed by atoms with van der Waals surface area (Å²) in [7, 11) is 1.34. The number of methoxy groups -OCH3 is 1. The molecule has 0 aliphatic carbocycles. The minimum absolute atomic E-state index is 0.0119. The van der Waals surface area contributed by atoms with E-state index in [4.69, 9.17) is 4.74 Å². The lowest BCUT2D eigenvalue weighted by Crippen LogP contribution is -2.37. The van der Waals surface area contributed by atoms with Crippen LogP contribution in [0.3, 0.4) is 0 Å². The van der Waals surface area contributed by atoms with Gasteiger partial charge >= 0.3 is 5.97 Å². The number of nitrogens with one attached hydrogen (secondary N) is 1. The number of rotatable bonds is 5. The molecule has 5 heteroatoms. The van der Waals surface area contributed by atoms with Crippen LogP contribution in [0.2, 0.25) is 0 Å². The Balaban J connectivity index is 2.36. The van der Waals surface area contributed by atoms with Gasteiger partial charge in [-0.05, 0) is 24.3 Å². The van der Waals surface area contributed by atoms with E-state index in [0.717, 1.165) is 0 Å². The number of hydrogen-bond donors (Lipinski definition) is 1. The molecule has 0 fully saturated rings. The number of carbonyl (C=O) groups is 2. The molecule has 0 atom stereocenters. The van der Waals surface area contributed by atoms with Crippen LogP contribution in [0.1, 0.15) is 31.1 Å². The molecule has 0 saturated heterocycles. The standard InChI is InChI=1S/C15H21NO4/c1-15(2,3)14(18)16-9-10-20-12-7-5-11(6-8-12)13(17)19-4/h5-8H,9-10H2,1-4H3,(H,16,18). The summed E-state index contributed by atoms with van der Waals surface area (Å²) in [4.78, 5) is 22.9. The van der Waals surface area contributed by atoms with Crippen molar-refractivity contribution < 1.29 is 19.1 Å². The summed E-state index contributed by atoms with van der Waals surface area (Å²) in [6.07, 6.45) is 0. The predicted molar refractivity (Wildman–Crippen MR) is 75.7 cm³/mol.